The van der Waals surface area contributed by atoms with Crippen molar-refractivity contribution in [2.45, 2.75) is 57.6 Å². The molecule has 146 valence electrons. The molecule has 1 aromatic heterocycles. The van der Waals surface area contributed by atoms with Crippen molar-refractivity contribution in [3.8, 4) is 17.5 Å². The van der Waals surface area contributed by atoms with Gasteiger partial charge in [-0.05, 0) is 38.8 Å². The van der Waals surface area contributed by atoms with Crippen LogP contribution < -0.4 is 5.32 Å². The van der Waals surface area contributed by atoms with E-state index in [4.69, 9.17) is 9.15 Å². The third-order valence-electron chi connectivity index (χ3n) is 4.95. The zero-order valence-corrected chi connectivity index (χ0v) is 16.0. The van der Waals surface area contributed by atoms with Crippen LogP contribution >= 0.6 is 0 Å². The number of nitrogens with zero attached hydrogens (tertiary/aromatic N) is 2. The molecule has 0 radical (unpaired) electrons. The van der Waals surface area contributed by atoms with Gasteiger partial charge in [0.25, 0.3) is 5.91 Å². The third-order valence-corrected chi connectivity index (χ3v) is 4.95. The lowest BCUT2D eigenvalue weighted by molar-refractivity contribution is -0.130. The number of esters is 1. The Morgan fingerprint density at radius 2 is 1.93 bits per heavy atom. The van der Waals surface area contributed by atoms with Crippen LogP contribution in [0, 0.1) is 18.3 Å². The van der Waals surface area contributed by atoms with E-state index in [9.17, 15) is 14.9 Å². The first-order valence-corrected chi connectivity index (χ1v) is 9.41. The predicted molar refractivity (Wildman–Crippen MR) is 101 cm³/mol. The molecule has 0 bridgehead atoms. The van der Waals surface area contributed by atoms with E-state index in [1.807, 2.05) is 30.3 Å². The molecule has 0 unspecified atom stereocenters. The molecule has 1 aromatic carbocycles. The number of carbonyl (C=O) groups excluding carboxylic acids is 2. The third kappa shape index (κ3) is 4.22. The first-order chi connectivity index (χ1) is 13.4. The van der Waals surface area contributed by atoms with Crippen molar-refractivity contribution in [3.63, 3.8) is 0 Å². The van der Waals surface area contributed by atoms with Crippen LogP contribution in [-0.4, -0.2) is 28.5 Å². The first-order valence-electron chi connectivity index (χ1n) is 9.41. The van der Waals surface area contributed by atoms with Crippen LogP contribution in [0.1, 0.15) is 55.3 Å². The summed E-state index contributed by atoms with van der Waals surface area (Å²) >= 11 is 0. The van der Waals surface area contributed by atoms with Gasteiger partial charge in [0, 0.05) is 5.56 Å². The molecule has 1 aliphatic rings. The molecule has 1 saturated carbocycles. The van der Waals surface area contributed by atoms with Crippen LogP contribution in [-0.2, 0) is 9.53 Å². The molecule has 1 heterocycles. The van der Waals surface area contributed by atoms with E-state index in [0.717, 1.165) is 24.8 Å². The predicted octanol–water partition coefficient (Wildman–Crippen LogP) is 3.54. The number of rotatable bonds is 5. The molecule has 1 aliphatic carbocycles. The fourth-order valence-corrected chi connectivity index (χ4v) is 3.32. The Morgan fingerprint density at radius 3 is 2.57 bits per heavy atom. The maximum Gasteiger partial charge on any atom is 0.361 e. The van der Waals surface area contributed by atoms with Gasteiger partial charge in [-0.3, -0.25) is 4.79 Å². The van der Waals surface area contributed by atoms with Crippen LogP contribution in [0.2, 0.25) is 0 Å². The van der Waals surface area contributed by atoms with Gasteiger partial charge in [-0.2, -0.15) is 5.26 Å². The fourth-order valence-electron chi connectivity index (χ4n) is 3.32. The average molecular weight is 381 g/mol. The summed E-state index contributed by atoms with van der Waals surface area (Å²) in [5.74, 6) is -0.591. The lowest BCUT2D eigenvalue weighted by Crippen LogP contribution is -2.52. The van der Waals surface area contributed by atoms with E-state index in [1.165, 1.54) is 6.92 Å². The Bertz CT molecular complexity index is 892. The minimum atomic E-state index is -1.05. The highest BCUT2D eigenvalue weighted by Crippen LogP contribution is 2.28. The van der Waals surface area contributed by atoms with E-state index >= 15 is 0 Å². The summed E-state index contributed by atoms with van der Waals surface area (Å²) in [5.41, 5.74) is -0.102. The number of nitriles is 1. The summed E-state index contributed by atoms with van der Waals surface area (Å²) in [4.78, 5) is 29.2. The number of hydrogen-bond donors (Lipinski definition) is 1. The molecule has 0 saturated heterocycles. The monoisotopic (exact) mass is 381 g/mol. The van der Waals surface area contributed by atoms with Crippen LogP contribution in [0.4, 0.5) is 0 Å². The van der Waals surface area contributed by atoms with Crippen molar-refractivity contribution < 1.29 is 18.7 Å². The zero-order chi connectivity index (χ0) is 20.1. The normalized spacial score (nSPS) is 16.6. The smallest absolute Gasteiger partial charge is 0.361 e. The summed E-state index contributed by atoms with van der Waals surface area (Å²) in [6.07, 6.45) is 3.01. The lowest BCUT2D eigenvalue weighted by Gasteiger charge is -2.32. The van der Waals surface area contributed by atoms with Gasteiger partial charge in [0.05, 0.1) is 6.07 Å². The number of aryl methyl sites for hydroxylation is 1. The van der Waals surface area contributed by atoms with Crippen LogP contribution in [0.3, 0.4) is 0 Å². The van der Waals surface area contributed by atoms with Crippen molar-refractivity contribution in [1.29, 1.82) is 5.26 Å². The number of oxazole rings is 1. The SMILES string of the molecule is Cc1oc(-c2ccccc2)nc1C(=O)O[C@@H](C)C(=O)NC1(C#N)CCCCC1. The van der Waals surface area contributed by atoms with E-state index in [1.54, 1.807) is 6.92 Å². The molecule has 3 rings (SSSR count). The maximum absolute atomic E-state index is 12.5. The van der Waals surface area contributed by atoms with Gasteiger partial charge in [-0.1, -0.05) is 37.5 Å². The van der Waals surface area contributed by atoms with Crippen molar-refractivity contribution >= 4 is 11.9 Å². The summed E-state index contributed by atoms with van der Waals surface area (Å²) in [6.45, 7) is 3.10. The van der Waals surface area contributed by atoms with Gasteiger partial charge in [0.1, 0.15) is 11.3 Å². The molecule has 1 N–H and O–H groups in total. The van der Waals surface area contributed by atoms with Crippen molar-refractivity contribution in [3.05, 3.63) is 41.8 Å². The molecule has 2 aromatic rings. The number of carbonyl (C=O) groups is 2. The second-order valence-corrected chi connectivity index (χ2v) is 7.08. The Balaban J connectivity index is 1.66. The van der Waals surface area contributed by atoms with Crippen molar-refractivity contribution in [2.75, 3.05) is 0 Å². The summed E-state index contributed by atoms with van der Waals surface area (Å²) in [6, 6.07) is 11.4. The maximum atomic E-state index is 12.5. The van der Waals surface area contributed by atoms with E-state index in [2.05, 4.69) is 16.4 Å². The minimum absolute atomic E-state index is 0.0335. The van der Waals surface area contributed by atoms with Crippen LogP contribution in [0.5, 0.6) is 0 Å². The van der Waals surface area contributed by atoms with Gasteiger partial charge >= 0.3 is 5.97 Å². The van der Waals surface area contributed by atoms with Crippen LogP contribution in [0.15, 0.2) is 34.7 Å². The molecule has 7 heteroatoms. The number of nitrogens with one attached hydrogen (secondary N) is 1. The van der Waals surface area contributed by atoms with Crippen molar-refractivity contribution in [1.82, 2.24) is 10.3 Å². The molecular weight excluding hydrogens is 358 g/mol. The highest BCUT2D eigenvalue weighted by Gasteiger charge is 2.35. The van der Waals surface area contributed by atoms with Gasteiger partial charge in [0.2, 0.25) is 5.89 Å². The average Bonchev–Trinajstić information content (AvgIpc) is 3.11. The van der Waals surface area contributed by atoms with Gasteiger partial charge in [-0.25, -0.2) is 9.78 Å². The number of amides is 1. The van der Waals surface area contributed by atoms with E-state index in [-0.39, 0.29) is 5.69 Å². The number of hydrogen-bond acceptors (Lipinski definition) is 6. The zero-order valence-electron chi connectivity index (χ0n) is 16.0. The van der Waals surface area contributed by atoms with Gasteiger partial charge in [0.15, 0.2) is 11.8 Å². The highest BCUT2D eigenvalue weighted by atomic mass is 16.5. The molecule has 0 aliphatic heterocycles. The molecular formula is C21H23N3O4. The van der Waals surface area contributed by atoms with E-state index in [0.29, 0.717) is 24.5 Å². The topological polar surface area (TPSA) is 105 Å². The Kier molecular flexibility index (Phi) is 5.78. The summed E-state index contributed by atoms with van der Waals surface area (Å²) in [5, 5.41) is 12.2. The summed E-state index contributed by atoms with van der Waals surface area (Å²) < 4.78 is 10.8. The minimum Gasteiger partial charge on any atom is -0.448 e. The highest BCUT2D eigenvalue weighted by molar-refractivity contribution is 5.92. The van der Waals surface area contributed by atoms with Gasteiger partial charge < -0.3 is 14.5 Å². The lowest BCUT2D eigenvalue weighted by atomic mass is 9.83. The van der Waals surface area contributed by atoms with Gasteiger partial charge in [-0.15, -0.1) is 0 Å². The Labute approximate surface area is 163 Å². The molecule has 28 heavy (non-hydrogen) atoms. The Hall–Kier alpha value is -3.14. The largest absolute Gasteiger partial charge is 0.448 e. The molecule has 1 fully saturated rings. The summed E-state index contributed by atoms with van der Waals surface area (Å²) in [7, 11) is 0. The number of benzene rings is 1. The van der Waals surface area contributed by atoms with Crippen LogP contribution in [0.25, 0.3) is 11.5 Å². The quantitative estimate of drug-likeness (QED) is 0.794. The standard InChI is InChI=1S/C21H23N3O4/c1-14-17(23-19(27-14)16-9-5-3-6-10-16)20(26)28-15(2)18(25)24-21(13-22)11-7-4-8-12-21/h3,5-6,9-10,15H,4,7-8,11-12H2,1-2H3,(H,24,25)/t15-/m0/s1. The Morgan fingerprint density at radius 1 is 1.25 bits per heavy atom. The number of aromatic nitrogens is 1. The second-order valence-electron chi connectivity index (χ2n) is 7.08. The molecule has 7 nitrogen and oxygen atoms in total. The fraction of sp³-hybridized carbons (Fsp3) is 0.429. The molecule has 1 amide bonds. The molecule has 1 atom stereocenters. The second kappa shape index (κ2) is 8.26. The molecule has 0 spiro atoms. The van der Waals surface area contributed by atoms with E-state index < -0.39 is 23.5 Å². The van der Waals surface area contributed by atoms with Crippen molar-refractivity contribution in [2.24, 2.45) is 0 Å². The first kappa shape index (κ1) is 19.6. The number of ether oxygens (including phenoxy) is 1.